The standard InChI is InChI=1S/C8H15N5.C7H12ClN5.C6H8Cl2N4.C2H6.CH5N.CH4/c1-5(2)10-8-12-6(3)11-7(9-4)13-8;1-4(2)10-7-12-5(8)11-6(9-3)13-7;1-3(2)9-6-11-4(7)10-5(8)12-6;2*1-2;/h5H,1-4H3,(H2,9,10,11,12,13);4H,1-3H3,(H2,9,10,11,12,13);3H,1-2H3,(H,9,10,11,12);1-2H3;2H2,1H3;1H4. The van der Waals surface area contributed by atoms with Crippen molar-refractivity contribution in [1.29, 1.82) is 0 Å². The largest absolute Gasteiger partial charge is 0.357 e. The van der Waals surface area contributed by atoms with Gasteiger partial charge in [-0.2, -0.15) is 44.9 Å². The molecule has 0 atom stereocenters. The van der Waals surface area contributed by atoms with Gasteiger partial charge in [0.25, 0.3) is 0 Å². The number of rotatable bonds is 8. The Morgan fingerprint density at radius 3 is 1.09 bits per heavy atom. The lowest BCUT2D eigenvalue weighted by atomic mass is 10.4. The van der Waals surface area contributed by atoms with Gasteiger partial charge in [-0.25, -0.2) is 0 Å². The molecule has 0 aliphatic carbocycles. The molecule has 15 nitrogen and oxygen atoms in total. The van der Waals surface area contributed by atoms with Crippen molar-refractivity contribution in [1.82, 2.24) is 44.9 Å². The lowest BCUT2D eigenvalue weighted by Crippen LogP contribution is -2.14. The molecule has 0 spiro atoms. The first-order valence-electron chi connectivity index (χ1n) is 13.2. The van der Waals surface area contributed by atoms with Crippen LogP contribution < -0.4 is 32.3 Å². The SMILES string of the molecule is C.CC.CC(C)Nc1nc(Cl)nc(Cl)n1.CN.CNc1nc(C)nc(NC(C)C)n1.CNc1nc(Cl)nc(NC(C)C)n1. The minimum atomic E-state index is 0. The fourth-order valence-electron chi connectivity index (χ4n) is 2.35. The number of nitrogens with zero attached hydrogens (tertiary/aromatic N) is 9. The number of hydrogen-bond donors (Lipinski definition) is 6. The maximum absolute atomic E-state index is 5.67. The highest BCUT2D eigenvalue weighted by Crippen LogP contribution is 2.11. The van der Waals surface area contributed by atoms with Crippen LogP contribution >= 0.6 is 34.8 Å². The third kappa shape index (κ3) is 22.1. The topological polar surface area (TPSA) is 202 Å². The first kappa shape index (κ1) is 44.3. The Kier molecular flexibility index (Phi) is 26.1. The minimum Gasteiger partial charge on any atom is -0.357 e. The molecule has 0 aliphatic heterocycles. The van der Waals surface area contributed by atoms with Crippen LogP contribution in [0.2, 0.25) is 15.9 Å². The van der Waals surface area contributed by atoms with Crippen molar-refractivity contribution < 1.29 is 0 Å². The van der Waals surface area contributed by atoms with E-state index in [1.807, 2.05) is 62.3 Å². The Morgan fingerprint density at radius 2 is 0.744 bits per heavy atom. The van der Waals surface area contributed by atoms with Crippen molar-refractivity contribution in [3.05, 3.63) is 21.7 Å². The quantitative estimate of drug-likeness (QED) is 0.172. The predicted octanol–water partition coefficient (Wildman–Crippen LogP) is 5.66. The van der Waals surface area contributed by atoms with Gasteiger partial charge in [0.2, 0.25) is 45.6 Å². The normalized spacial score (nSPS) is 9.37. The molecule has 0 aliphatic rings. The zero-order valence-corrected chi connectivity index (χ0v) is 28.7. The molecule has 7 N–H and O–H groups in total. The highest BCUT2D eigenvalue weighted by Gasteiger charge is 2.05. The van der Waals surface area contributed by atoms with Crippen LogP contribution in [0, 0.1) is 6.92 Å². The highest BCUT2D eigenvalue weighted by atomic mass is 35.5. The average Bonchev–Trinajstić information content (AvgIpc) is 2.89. The van der Waals surface area contributed by atoms with E-state index >= 15 is 0 Å². The van der Waals surface area contributed by atoms with Crippen LogP contribution in [-0.2, 0) is 0 Å². The molecule has 43 heavy (non-hydrogen) atoms. The summed E-state index contributed by atoms with van der Waals surface area (Å²) in [6.45, 7) is 17.8. The van der Waals surface area contributed by atoms with E-state index in [-0.39, 0.29) is 35.4 Å². The average molecular weight is 667 g/mol. The molecule has 3 aromatic heterocycles. The molecule has 0 radical (unpaired) electrons. The Bertz CT molecular complexity index is 1060. The van der Waals surface area contributed by atoms with Crippen molar-refractivity contribution in [2.45, 2.75) is 87.9 Å². The Balaban J connectivity index is -0.000000521. The van der Waals surface area contributed by atoms with E-state index < -0.39 is 0 Å². The molecule has 18 heteroatoms. The zero-order valence-electron chi connectivity index (χ0n) is 26.5. The summed E-state index contributed by atoms with van der Waals surface area (Å²) in [5.74, 6) is 3.27. The molecular formula is C25H50Cl3N15. The summed E-state index contributed by atoms with van der Waals surface area (Å²) in [7, 11) is 5.01. The van der Waals surface area contributed by atoms with Gasteiger partial charge in [-0.3, -0.25) is 0 Å². The molecule has 3 aromatic rings. The summed E-state index contributed by atoms with van der Waals surface area (Å²) in [4.78, 5) is 35.5. The molecule has 0 fully saturated rings. The molecule has 3 heterocycles. The van der Waals surface area contributed by atoms with Crippen LogP contribution in [-0.4, -0.2) is 84.1 Å². The second-order valence-electron chi connectivity index (χ2n) is 8.38. The molecule has 246 valence electrons. The lowest BCUT2D eigenvalue weighted by molar-refractivity contribution is 0.858. The highest BCUT2D eigenvalue weighted by molar-refractivity contribution is 6.31. The van der Waals surface area contributed by atoms with Crippen LogP contribution in [0.4, 0.5) is 29.7 Å². The number of anilines is 5. The van der Waals surface area contributed by atoms with Crippen LogP contribution in [0.1, 0.15) is 68.6 Å². The number of nitrogens with two attached hydrogens (primary N) is 1. The smallest absolute Gasteiger partial charge is 0.228 e. The molecule has 0 unspecified atom stereocenters. The second-order valence-corrected chi connectivity index (χ2v) is 9.39. The number of nitrogens with one attached hydrogen (secondary N) is 5. The fourth-order valence-corrected chi connectivity index (χ4v) is 2.87. The Morgan fingerprint density at radius 1 is 0.488 bits per heavy atom. The van der Waals surface area contributed by atoms with Gasteiger partial charge in [0, 0.05) is 32.2 Å². The molecule has 0 saturated heterocycles. The summed E-state index contributed by atoms with van der Waals surface area (Å²) >= 11 is 16.8. The van der Waals surface area contributed by atoms with Gasteiger partial charge in [-0.05, 0) is 90.3 Å². The van der Waals surface area contributed by atoms with Crippen LogP contribution in [0.3, 0.4) is 0 Å². The van der Waals surface area contributed by atoms with Crippen molar-refractivity contribution in [3.63, 3.8) is 0 Å². The van der Waals surface area contributed by atoms with Gasteiger partial charge in [0.15, 0.2) is 0 Å². The first-order chi connectivity index (χ1) is 19.8. The van der Waals surface area contributed by atoms with E-state index in [0.29, 0.717) is 41.6 Å². The maximum Gasteiger partial charge on any atom is 0.228 e. The van der Waals surface area contributed by atoms with Gasteiger partial charge >= 0.3 is 0 Å². The summed E-state index contributed by atoms with van der Waals surface area (Å²) < 4.78 is 0. The van der Waals surface area contributed by atoms with Crippen molar-refractivity contribution in [2.75, 3.05) is 47.7 Å². The van der Waals surface area contributed by atoms with Crippen LogP contribution in [0.15, 0.2) is 0 Å². The summed E-state index contributed by atoms with van der Waals surface area (Å²) in [5.41, 5.74) is 4.50. The molecule has 3 rings (SSSR count). The summed E-state index contributed by atoms with van der Waals surface area (Å²) in [6, 6.07) is 0.828. The van der Waals surface area contributed by atoms with Crippen molar-refractivity contribution in [2.24, 2.45) is 5.73 Å². The number of aryl methyl sites for hydroxylation is 1. The molecular weight excluding hydrogens is 617 g/mol. The lowest BCUT2D eigenvalue weighted by Gasteiger charge is -2.09. The summed E-state index contributed by atoms with van der Waals surface area (Å²) in [6.07, 6.45) is 0. The molecule has 0 amide bonds. The molecule has 0 saturated carbocycles. The van der Waals surface area contributed by atoms with Gasteiger partial charge in [-0.1, -0.05) is 21.3 Å². The van der Waals surface area contributed by atoms with E-state index in [1.165, 1.54) is 7.05 Å². The Hall–Kier alpha value is -3.14. The third-order valence-corrected chi connectivity index (χ3v) is 4.14. The van der Waals surface area contributed by atoms with Gasteiger partial charge < -0.3 is 32.3 Å². The minimum absolute atomic E-state index is 0. The fraction of sp³-hybridized carbons (Fsp3) is 0.640. The second kappa shape index (κ2) is 25.4. The van der Waals surface area contributed by atoms with Crippen molar-refractivity contribution in [3.8, 4) is 0 Å². The van der Waals surface area contributed by atoms with Gasteiger partial charge in [0.05, 0.1) is 0 Å². The maximum atomic E-state index is 5.67. The third-order valence-electron chi connectivity index (χ3n) is 3.64. The number of halogens is 3. The molecule has 0 aromatic carbocycles. The molecule has 0 bridgehead atoms. The summed E-state index contributed by atoms with van der Waals surface area (Å²) in [5, 5.41) is 15.2. The van der Waals surface area contributed by atoms with E-state index in [2.05, 4.69) is 77.2 Å². The first-order valence-corrected chi connectivity index (χ1v) is 14.4. The number of hydrogen-bond acceptors (Lipinski definition) is 15. The van der Waals surface area contributed by atoms with E-state index in [1.54, 1.807) is 14.1 Å². The van der Waals surface area contributed by atoms with E-state index in [9.17, 15) is 0 Å². The van der Waals surface area contributed by atoms with E-state index in [0.717, 1.165) is 0 Å². The van der Waals surface area contributed by atoms with Crippen LogP contribution in [0.25, 0.3) is 0 Å². The van der Waals surface area contributed by atoms with Gasteiger partial charge in [-0.15, -0.1) is 0 Å². The van der Waals surface area contributed by atoms with Gasteiger partial charge in [0.1, 0.15) is 5.82 Å². The Labute approximate surface area is 271 Å². The van der Waals surface area contributed by atoms with Crippen LogP contribution in [0.5, 0.6) is 0 Å². The predicted molar refractivity (Wildman–Crippen MR) is 183 cm³/mol. The zero-order chi connectivity index (χ0) is 32.8. The van der Waals surface area contributed by atoms with Crippen molar-refractivity contribution >= 4 is 64.5 Å². The monoisotopic (exact) mass is 665 g/mol. The number of aromatic nitrogens is 9. The van der Waals surface area contributed by atoms with E-state index in [4.69, 9.17) is 34.8 Å².